The number of nitrogens with zero attached hydrogens (tertiary/aromatic N) is 2. The summed E-state index contributed by atoms with van der Waals surface area (Å²) in [7, 11) is 0. The lowest BCUT2D eigenvalue weighted by molar-refractivity contribution is 0.122. The van der Waals surface area contributed by atoms with Gasteiger partial charge in [-0.15, -0.1) is 0 Å². The summed E-state index contributed by atoms with van der Waals surface area (Å²) in [6.07, 6.45) is 5.89. The fraction of sp³-hybridized carbons (Fsp3) is 0.556. The van der Waals surface area contributed by atoms with Crippen LogP contribution in [0.4, 0.5) is 0 Å². The third kappa shape index (κ3) is 3.79. The van der Waals surface area contributed by atoms with Crippen LogP contribution in [0.15, 0.2) is 18.5 Å². The normalized spacial score (nSPS) is 21.1. The lowest BCUT2D eigenvalue weighted by Gasteiger charge is -2.35. The molecule has 0 spiro atoms. The number of aromatic nitrogens is 2. The second kappa shape index (κ2) is 6.70. The molecular weight excluding hydrogens is 342 g/mol. The quantitative estimate of drug-likeness (QED) is 0.789. The molecule has 0 bridgehead atoms. The van der Waals surface area contributed by atoms with Gasteiger partial charge in [0.25, 0.3) is 0 Å². The van der Waals surface area contributed by atoms with E-state index in [1.165, 1.54) is 0 Å². The predicted molar refractivity (Wildman–Crippen MR) is 102 cm³/mol. The van der Waals surface area contributed by atoms with Crippen LogP contribution in [0.2, 0.25) is 5.15 Å². The first kappa shape index (κ1) is 17.8. The zero-order chi connectivity index (χ0) is 17.5. The van der Waals surface area contributed by atoms with Crippen molar-refractivity contribution >= 4 is 34.1 Å². The first-order chi connectivity index (χ1) is 11.2. The largest absolute Gasteiger partial charge is 0.474 e. The second-order valence-corrected chi connectivity index (χ2v) is 9.54. The Kier molecular flexibility index (Phi) is 4.96. The highest BCUT2D eigenvalue weighted by atomic mass is 35.5. The molecule has 2 aromatic heterocycles. The van der Waals surface area contributed by atoms with Gasteiger partial charge in [-0.05, 0) is 49.0 Å². The number of rotatable bonds is 5. The molecule has 0 atom stereocenters. The number of nitrogens with two attached hydrogens (primary N) is 1. The summed E-state index contributed by atoms with van der Waals surface area (Å²) >= 11 is 8.11. The van der Waals surface area contributed by atoms with E-state index in [9.17, 15) is 0 Å². The van der Waals surface area contributed by atoms with Gasteiger partial charge in [-0.2, -0.15) is 11.8 Å². The summed E-state index contributed by atoms with van der Waals surface area (Å²) in [4.78, 5) is 8.72. The average molecular weight is 366 g/mol. The van der Waals surface area contributed by atoms with E-state index in [1.54, 1.807) is 12.4 Å². The van der Waals surface area contributed by atoms with E-state index in [4.69, 9.17) is 22.1 Å². The van der Waals surface area contributed by atoms with Crippen LogP contribution in [-0.2, 0) is 5.54 Å². The molecule has 6 heteroatoms. The molecule has 1 fully saturated rings. The topological polar surface area (TPSA) is 61.0 Å². The van der Waals surface area contributed by atoms with Crippen LogP contribution in [0, 0.1) is 0 Å². The predicted octanol–water partition coefficient (Wildman–Crippen LogP) is 4.53. The Morgan fingerprint density at radius 2 is 1.96 bits per heavy atom. The van der Waals surface area contributed by atoms with E-state index in [1.807, 2.05) is 31.7 Å². The van der Waals surface area contributed by atoms with Crippen molar-refractivity contribution in [3.63, 3.8) is 0 Å². The molecular formula is C18H24ClN3OS. The van der Waals surface area contributed by atoms with Crippen LogP contribution in [0.3, 0.4) is 0 Å². The highest BCUT2D eigenvalue weighted by Gasteiger charge is 2.32. The van der Waals surface area contributed by atoms with Gasteiger partial charge in [0.15, 0.2) is 0 Å². The molecule has 1 saturated carbocycles. The number of pyridine rings is 2. The molecule has 1 aliphatic rings. The van der Waals surface area contributed by atoms with Gasteiger partial charge in [-0.1, -0.05) is 25.4 Å². The van der Waals surface area contributed by atoms with E-state index >= 15 is 0 Å². The Hall–Kier alpha value is -1.04. The SMILES string of the molecule is CC(C)SC1CC(Oc2ncc(C(C)(C)N)c3cc(Cl)ncc23)C1. The summed E-state index contributed by atoms with van der Waals surface area (Å²) in [5.41, 5.74) is 6.71. The fourth-order valence-corrected chi connectivity index (χ4v) is 4.54. The standard InChI is InChI=1S/C18H24ClN3OS/c1-10(2)24-12-5-11(6-12)23-17-14-8-21-16(19)7-13(14)15(9-22-17)18(3,4)20/h7-12H,5-6,20H2,1-4H3. The smallest absolute Gasteiger partial charge is 0.223 e. The first-order valence-corrected chi connectivity index (χ1v) is 9.62. The molecule has 0 aromatic carbocycles. The van der Waals surface area contributed by atoms with Gasteiger partial charge in [-0.25, -0.2) is 9.97 Å². The minimum Gasteiger partial charge on any atom is -0.474 e. The van der Waals surface area contributed by atoms with Crippen molar-refractivity contribution in [3.05, 3.63) is 29.2 Å². The average Bonchev–Trinajstić information content (AvgIpc) is 2.42. The Bertz CT molecular complexity index is 739. The molecule has 3 rings (SSSR count). The minimum atomic E-state index is -0.510. The van der Waals surface area contributed by atoms with Crippen molar-refractivity contribution in [2.75, 3.05) is 0 Å². The van der Waals surface area contributed by atoms with E-state index in [2.05, 4.69) is 23.8 Å². The van der Waals surface area contributed by atoms with Gasteiger partial charge >= 0.3 is 0 Å². The highest BCUT2D eigenvalue weighted by Crippen LogP contribution is 2.38. The zero-order valence-electron chi connectivity index (χ0n) is 14.5. The summed E-state index contributed by atoms with van der Waals surface area (Å²) < 4.78 is 6.13. The van der Waals surface area contributed by atoms with Crippen molar-refractivity contribution in [1.82, 2.24) is 9.97 Å². The minimum absolute atomic E-state index is 0.226. The zero-order valence-corrected chi connectivity index (χ0v) is 16.1. The highest BCUT2D eigenvalue weighted by molar-refractivity contribution is 8.00. The molecule has 4 nitrogen and oxygen atoms in total. The Morgan fingerprint density at radius 3 is 2.58 bits per heavy atom. The summed E-state index contributed by atoms with van der Waals surface area (Å²) in [5.74, 6) is 0.625. The fourth-order valence-electron chi connectivity index (χ4n) is 2.96. The number of halogens is 1. The monoisotopic (exact) mass is 365 g/mol. The maximum absolute atomic E-state index is 6.28. The molecule has 1 aliphatic carbocycles. The maximum atomic E-state index is 6.28. The van der Waals surface area contributed by atoms with Crippen molar-refractivity contribution in [2.45, 2.75) is 62.7 Å². The lowest BCUT2D eigenvalue weighted by atomic mass is 9.93. The summed E-state index contributed by atoms with van der Waals surface area (Å²) in [6.45, 7) is 8.38. The van der Waals surface area contributed by atoms with Gasteiger partial charge in [0, 0.05) is 23.2 Å². The molecule has 0 amide bonds. The third-order valence-electron chi connectivity index (χ3n) is 4.19. The van der Waals surface area contributed by atoms with Crippen LogP contribution in [-0.4, -0.2) is 26.6 Å². The number of hydrogen-bond donors (Lipinski definition) is 1. The Labute approximate surface area is 152 Å². The van der Waals surface area contributed by atoms with Crippen molar-refractivity contribution in [3.8, 4) is 5.88 Å². The molecule has 130 valence electrons. The van der Waals surface area contributed by atoms with Gasteiger partial charge in [-0.3, -0.25) is 0 Å². The molecule has 0 saturated heterocycles. The Balaban J connectivity index is 1.85. The first-order valence-electron chi connectivity index (χ1n) is 8.29. The summed E-state index contributed by atoms with van der Waals surface area (Å²) in [5, 5.41) is 3.63. The molecule has 2 heterocycles. The molecule has 0 unspecified atom stereocenters. The van der Waals surface area contributed by atoms with Crippen molar-refractivity contribution in [1.29, 1.82) is 0 Å². The lowest BCUT2D eigenvalue weighted by Crippen LogP contribution is -2.37. The van der Waals surface area contributed by atoms with Gasteiger partial charge in [0.05, 0.1) is 5.39 Å². The molecule has 2 N–H and O–H groups in total. The van der Waals surface area contributed by atoms with E-state index < -0.39 is 5.54 Å². The van der Waals surface area contributed by atoms with Crippen LogP contribution < -0.4 is 10.5 Å². The molecule has 0 radical (unpaired) electrons. The van der Waals surface area contributed by atoms with Crippen LogP contribution in [0.5, 0.6) is 5.88 Å². The molecule has 24 heavy (non-hydrogen) atoms. The van der Waals surface area contributed by atoms with Gasteiger partial charge in [0.2, 0.25) is 5.88 Å². The number of fused-ring (bicyclic) bond motifs is 1. The Morgan fingerprint density at radius 1 is 1.25 bits per heavy atom. The van der Waals surface area contributed by atoms with Crippen molar-refractivity contribution < 1.29 is 4.74 Å². The second-order valence-electron chi connectivity index (χ2n) is 7.27. The van der Waals surface area contributed by atoms with Crippen molar-refractivity contribution in [2.24, 2.45) is 5.73 Å². The van der Waals surface area contributed by atoms with E-state index in [0.717, 1.165) is 29.2 Å². The number of thioether (sulfide) groups is 1. The van der Waals surface area contributed by atoms with Crippen LogP contribution >= 0.6 is 23.4 Å². The van der Waals surface area contributed by atoms with E-state index in [-0.39, 0.29) is 6.10 Å². The number of ether oxygens (including phenoxy) is 1. The van der Waals surface area contributed by atoms with Gasteiger partial charge in [0.1, 0.15) is 11.3 Å². The molecule has 2 aromatic rings. The third-order valence-corrected chi connectivity index (χ3v) is 5.71. The van der Waals surface area contributed by atoms with Gasteiger partial charge < -0.3 is 10.5 Å². The summed E-state index contributed by atoms with van der Waals surface area (Å²) in [6, 6.07) is 1.84. The maximum Gasteiger partial charge on any atom is 0.223 e. The van der Waals surface area contributed by atoms with E-state index in [0.29, 0.717) is 21.5 Å². The van der Waals surface area contributed by atoms with Crippen LogP contribution in [0.25, 0.3) is 10.8 Å². The van der Waals surface area contributed by atoms with Crippen LogP contribution in [0.1, 0.15) is 46.1 Å². The number of hydrogen-bond acceptors (Lipinski definition) is 5. The molecule has 0 aliphatic heterocycles.